The molecule has 29 heavy (non-hydrogen) atoms. The molecular weight excluding hydrogens is 412 g/mol. The van der Waals surface area contributed by atoms with Gasteiger partial charge in [0, 0.05) is 13.2 Å². The lowest BCUT2D eigenvalue weighted by Gasteiger charge is -2.60. The minimum Gasteiger partial charge on any atom is -0.376 e. The minimum atomic E-state index is -0.389. The van der Waals surface area contributed by atoms with Crippen molar-refractivity contribution in [3.8, 4) is 0 Å². The summed E-state index contributed by atoms with van der Waals surface area (Å²) in [4.78, 5) is 17.4. The van der Waals surface area contributed by atoms with E-state index in [1.54, 1.807) is 6.33 Å². The maximum absolute atomic E-state index is 13.3. The summed E-state index contributed by atoms with van der Waals surface area (Å²) in [6.07, 6.45) is 9.99. The topological polar surface area (TPSA) is 93.1 Å². The molecule has 1 aliphatic heterocycles. The number of carbonyl (C=O) groups excluding carboxylic acids is 1. The van der Waals surface area contributed by atoms with Crippen molar-refractivity contribution >= 4 is 34.8 Å². The highest BCUT2D eigenvalue weighted by Gasteiger charge is 2.61. The van der Waals surface area contributed by atoms with Crippen LogP contribution >= 0.6 is 23.8 Å². The Labute approximate surface area is 180 Å². The average Bonchev–Trinajstić information content (AvgIpc) is 3.35. The first-order valence-corrected chi connectivity index (χ1v) is 11.3. The van der Waals surface area contributed by atoms with Gasteiger partial charge in [-0.3, -0.25) is 15.6 Å². The molecule has 1 aromatic heterocycles. The molecule has 5 fully saturated rings. The number of hydrogen-bond donors (Lipinski definition) is 3. The molecule has 6 rings (SSSR count). The zero-order valence-electron chi connectivity index (χ0n) is 16.3. The molecule has 5 aliphatic rings. The Morgan fingerprint density at radius 1 is 1.31 bits per heavy atom. The van der Waals surface area contributed by atoms with Gasteiger partial charge in [0.1, 0.15) is 6.33 Å². The Morgan fingerprint density at radius 2 is 2.10 bits per heavy atom. The van der Waals surface area contributed by atoms with Crippen LogP contribution in [0.4, 0.5) is 0 Å². The first-order chi connectivity index (χ1) is 14.0. The molecule has 1 aromatic rings. The third-order valence-corrected chi connectivity index (χ3v) is 7.69. The number of aromatic nitrogens is 3. The third-order valence-electron chi connectivity index (χ3n) is 7.27. The van der Waals surface area contributed by atoms with Gasteiger partial charge >= 0.3 is 0 Å². The maximum Gasteiger partial charge on any atom is 0.244 e. The van der Waals surface area contributed by atoms with E-state index in [1.165, 1.54) is 6.42 Å². The Balaban J connectivity index is 1.24. The van der Waals surface area contributed by atoms with Crippen LogP contribution in [-0.4, -0.2) is 45.0 Å². The van der Waals surface area contributed by atoms with Crippen LogP contribution in [0.2, 0.25) is 5.28 Å². The van der Waals surface area contributed by atoms with Crippen LogP contribution in [0.25, 0.3) is 0 Å². The van der Waals surface area contributed by atoms with Gasteiger partial charge in [-0.05, 0) is 87.0 Å². The molecule has 3 N–H and O–H groups in total. The molecule has 0 spiro atoms. The molecule has 10 heteroatoms. The number of amides is 1. The molecule has 4 saturated carbocycles. The Hall–Kier alpha value is -1.45. The predicted molar refractivity (Wildman–Crippen MR) is 111 cm³/mol. The van der Waals surface area contributed by atoms with Crippen molar-refractivity contribution in [1.82, 2.24) is 30.9 Å². The van der Waals surface area contributed by atoms with Crippen molar-refractivity contribution in [3.05, 3.63) is 11.6 Å². The van der Waals surface area contributed by atoms with E-state index in [-0.39, 0.29) is 28.2 Å². The summed E-state index contributed by atoms with van der Waals surface area (Å²) in [5, 5.41) is 8.24. The van der Waals surface area contributed by atoms with Crippen LogP contribution in [0.15, 0.2) is 6.33 Å². The number of nitrogens with one attached hydrogen (secondary N) is 3. The zero-order valence-corrected chi connectivity index (χ0v) is 17.9. The van der Waals surface area contributed by atoms with Crippen molar-refractivity contribution < 1.29 is 9.53 Å². The minimum absolute atomic E-state index is 0.0310. The molecule has 0 unspecified atom stereocenters. The van der Waals surface area contributed by atoms with Crippen molar-refractivity contribution in [2.24, 2.45) is 17.3 Å². The summed E-state index contributed by atoms with van der Waals surface area (Å²) in [7, 11) is 0. The van der Waals surface area contributed by atoms with E-state index >= 15 is 0 Å². The fourth-order valence-corrected chi connectivity index (χ4v) is 6.78. The van der Waals surface area contributed by atoms with Crippen molar-refractivity contribution in [3.63, 3.8) is 0 Å². The van der Waals surface area contributed by atoms with E-state index in [9.17, 15) is 4.79 Å². The fourth-order valence-electron chi connectivity index (χ4n) is 6.52. The molecule has 0 radical (unpaired) electrons. The quantitative estimate of drug-likeness (QED) is 0.488. The number of ether oxygens (including phenoxy) is 1. The van der Waals surface area contributed by atoms with Crippen molar-refractivity contribution in [2.45, 2.75) is 63.0 Å². The van der Waals surface area contributed by atoms with E-state index in [4.69, 9.17) is 28.6 Å². The molecule has 1 saturated heterocycles. The molecule has 1 amide bonds. The second kappa shape index (κ2) is 7.35. The van der Waals surface area contributed by atoms with Crippen LogP contribution in [-0.2, 0) is 15.1 Å². The maximum atomic E-state index is 13.3. The van der Waals surface area contributed by atoms with Gasteiger partial charge in [0.25, 0.3) is 0 Å². The molecule has 158 valence electrons. The molecule has 2 heterocycles. The summed E-state index contributed by atoms with van der Waals surface area (Å²) in [5.41, 5.74) is 5.24. The van der Waals surface area contributed by atoms with Crippen LogP contribution in [0.3, 0.4) is 0 Å². The second-order valence-electron chi connectivity index (χ2n) is 9.35. The Bertz CT molecular complexity index is 796. The lowest BCUT2D eigenvalue weighted by Crippen LogP contribution is -2.63. The molecule has 4 aliphatic carbocycles. The standard InChI is InChI=1S/C19H27ClN6O2S/c20-16-22-11-26(25-16)19-7-12-4-13(8-19)6-18(5-12,10-19)15(27)23-24-17(29)21-9-14-2-1-3-28-14/h11-14H,1-10H2,(H,23,27)(H2,21,24,29)/t12-,13-,14+,18?,19?/m0/s1. The van der Waals surface area contributed by atoms with Crippen molar-refractivity contribution in [2.75, 3.05) is 13.2 Å². The van der Waals surface area contributed by atoms with E-state index in [2.05, 4.69) is 26.3 Å². The number of thiocarbonyl (C=S) groups is 1. The third kappa shape index (κ3) is 3.61. The van der Waals surface area contributed by atoms with Crippen LogP contribution in [0.1, 0.15) is 51.4 Å². The largest absolute Gasteiger partial charge is 0.376 e. The molecular formula is C19H27ClN6O2S. The molecule has 4 bridgehead atoms. The van der Waals surface area contributed by atoms with Gasteiger partial charge in [-0.25, -0.2) is 9.67 Å². The summed E-state index contributed by atoms with van der Waals surface area (Å²) in [6, 6.07) is 0. The molecule has 0 aromatic carbocycles. The van der Waals surface area contributed by atoms with Gasteiger partial charge in [0.15, 0.2) is 5.11 Å². The monoisotopic (exact) mass is 438 g/mol. The summed E-state index contributed by atoms with van der Waals surface area (Å²) in [6.45, 7) is 1.47. The smallest absolute Gasteiger partial charge is 0.244 e. The van der Waals surface area contributed by atoms with Gasteiger partial charge in [-0.1, -0.05) is 0 Å². The lowest BCUT2D eigenvalue weighted by atomic mass is 9.46. The SMILES string of the molecule is O=C(NNC(=S)NC[C@H]1CCCO1)C12C[C@@H]3C[C@@H](C1)CC(n1cnc(Cl)n1)(C3)C2. The van der Waals surface area contributed by atoms with Crippen LogP contribution in [0, 0.1) is 17.3 Å². The summed E-state index contributed by atoms with van der Waals surface area (Å²) >= 11 is 11.3. The van der Waals surface area contributed by atoms with E-state index in [0.717, 1.165) is 51.6 Å². The van der Waals surface area contributed by atoms with E-state index in [1.807, 2.05) is 4.68 Å². The van der Waals surface area contributed by atoms with E-state index < -0.39 is 0 Å². The molecule has 3 atom stereocenters. The van der Waals surface area contributed by atoms with Gasteiger partial charge < -0.3 is 10.1 Å². The number of nitrogens with zero attached hydrogens (tertiary/aromatic N) is 3. The Morgan fingerprint density at radius 3 is 2.76 bits per heavy atom. The predicted octanol–water partition coefficient (Wildman–Crippen LogP) is 1.90. The van der Waals surface area contributed by atoms with E-state index in [0.29, 0.717) is 23.5 Å². The van der Waals surface area contributed by atoms with Crippen molar-refractivity contribution in [1.29, 1.82) is 0 Å². The molecule has 8 nitrogen and oxygen atoms in total. The number of carbonyl (C=O) groups is 1. The Kier molecular flexibility index (Phi) is 4.95. The average molecular weight is 439 g/mol. The number of hydrogen-bond acceptors (Lipinski definition) is 5. The summed E-state index contributed by atoms with van der Waals surface area (Å²) in [5.74, 6) is 1.10. The van der Waals surface area contributed by atoms with Gasteiger partial charge in [-0.2, -0.15) is 0 Å². The highest BCUT2D eigenvalue weighted by molar-refractivity contribution is 7.80. The normalized spacial score (nSPS) is 37.5. The number of halogens is 1. The van der Waals surface area contributed by atoms with Gasteiger partial charge in [0.05, 0.1) is 17.1 Å². The number of hydrazine groups is 1. The zero-order chi connectivity index (χ0) is 20.1. The second-order valence-corrected chi connectivity index (χ2v) is 10.1. The first kappa shape index (κ1) is 19.5. The van der Waals surface area contributed by atoms with Crippen LogP contribution < -0.4 is 16.2 Å². The van der Waals surface area contributed by atoms with Crippen LogP contribution in [0.5, 0.6) is 0 Å². The fraction of sp³-hybridized carbons (Fsp3) is 0.789. The summed E-state index contributed by atoms with van der Waals surface area (Å²) < 4.78 is 7.52. The van der Waals surface area contributed by atoms with Gasteiger partial charge in [-0.15, -0.1) is 5.10 Å². The highest BCUT2D eigenvalue weighted by atomic mass is 35.5. The highest BCUT2D eigenvalue weighted by Crippen LogP contribution is 2.64. The number of rotatable bonds is 4. The lowest BCUT2D eigenvalue weighted by molar-refractivity contribution is -0.156. The van der Waals surface area contributed by atoms with Gasteiger partial charge in [0.2, 0.25) is 11.2 Å². The first-order valence-electron chi connectivity index (χ1n) is 10.5.